The van der Waals surface area contributed by atoms with Crippen LogP contribution in [-0.2, 0) is 0 Å². The molecule has 0 bridgehead atoms. The Morgan fingerprint density at radius 1 is 0.368 bits per heavy atom. The number of benzene rings is 7. The van der Waals surface area contributed by atoms with Gasteiger partial charge in [-0.15, -0.1) is 0 Å². The Balaban J connectivity index is 1.56. The van der Waals surface area contributed by atoms with Crippen LogP contribution < -0.4 is 0 Å². The highest BCUT2D eigenvalue weighted by molar-refractivity contribution is 6.21. The molecule has 0 N–H and O–H groups in total. The van der Waals surface area contributed by atoms with E-state index in [0.29, 0.717) is 0 Å². The summed E-state index contributed by atoms with van der Waals surface area (Å²) in [4.78, 5) is 0. The summed E-state index contributed by atoms with van der Waals surface area (Å²) in [5.74, 6) is 0. The van der Waals surface area contributed by atoms with Crippen LogP contribution in [0.1, 0.15) is 11.1 Å². The molecule has 180 valence electrons. The third-order valence-electron chi connectivity index (χ3n) is 7.88. The number of aryl methyl sites for hydroxylation is 2. The van der Waals surface area contributed by atoms with E-state index >= 15 is 0 Å². The molecule has 0 fully saturated rings. The molecular formula is C38H28. The molecule has 0 nitrogen and oxygen atoms in total. The van der Waals surface area contributed by atoms with Crippen LogP contribution in [0.3, 0.4) is 0 Å². The molecule has 0 radical (unpaired) electrons. The lowest BCUT2D eigenvalue weighted by molar-refractivity contribution is 1.47. The van der Waals surface area contributed by atoms with E-state index in [1.165, 1.54) is 76.8 Å². The topological polar surface area (TPSA) is 0 Å². The molecule has 0 heteroatoms. The van der Waals surface area contributed by atoms with Gasteiger partial charge in [0.2, 0.25) is 0 Å². The lowest BCUT2D eigenvalue weighted by Crippen LogP contribution is -1.93. The Hall–Kier alpha value is -4.68. The Morgan fingerprint density at radius 2 is 0.895 bits per heavy atom. The van der Waals surface area contributed by atoms with Gasteiger partial charge in [0, 0.05) is 0 Å². The summed E-state index contributed by atoms with van der Waals surface area (Å²) in [5, 5.41) is 7.72. The van der Waals surface area contributed by atoms with E-state index in [0.717, 1.165) is 0 Å². The maximum Gasteiger partial charge on any atom is -0.00235 e. The highest BCUT2D eigenvalue weighted by Gasteiger charge is 2.18. The van der Waals surface area contributed by atoms with Crippen molar-refractivity contribution in [1.29, 1.82) is 0 Å². The number of hydrogen-bond acceptors (Lipinski definition) is 0. The van der Waals surface area contributed by atoms with E-state index in [1.807, 2.05) is 0 Å². The molecule has 0 saturated heterocycles. The van der Waals surface area contributed by atoms with Crippen LogP contribution in [0.5, 0.6) is 0 Å². The van der Waals surface area contributed by atoms with Gasteiger partial charge in [0.15, 0.2) is 0 Å². The van der Waals surface area contributed by atoms with Crippen LogP contribution in [0.15, 0.2) is 133 Å². The molecule has 0 heterocycles. The molecule has 0 atom stereocenters. The van der Waals surface area contributed by atoms with Crippen LogP contribution >= 0.6 is 0 Å². The monoisotopic (exact) mass is 484 g/mol. The van der Waals surface area contributed by atoms with Crippen molar-refractivity contribution >= 4 is 32.3 Å². The Kier molecular flexibility index (Phi) is 5.34. The van der Waals surface area contributed by atoms with Crippen molar-refractivity contribution in [2.24, 2.45) is 0 Å². The third kappa shape index (κ3) is 3.61. The smallest absolute Gasteiger partial charge is 0.00235 e. The van der Waals surface area contributed by atoms with Gasteiger partial charge >= 0.3 is 0 Å². The minimum Gasteiger partial charge on any atom is -0.0616 e. The molecule has 0 aliphatic rings. The molecule has 0 unspecified atom stereocenters. The molecule has 7 aromatic carbocycles. The lowest BCUT2D eigenvalue weighted by Gasteiger charge is -2.19. The summed E-state index contributed by atoms with van der Waals surface area (Å²) in [6.07, 6.45) is 0. The highest BCUT2D eigenvalue weighted by atomic mass is 14.2. The zero-order chi connectivity index (χ0) is 25.6. The summed E-state index contributed by atoms with van der Waals surface area (Å²) >= 11 is 0. The Labute approximate surface area is 223 Å². The van der Waals surface area contributed by atoms with Crippen molar-refractivity contribution < 1.29 is 0 Å². The molecule has 0 spiro atoms. The first kappa shape index (κ1) is 22.5. The molecule has 7 rings (SSSR count). The van der Waals surface area contributed by atoms with Crippen molar-refractivity contribution in [3.8, 4) is 33.4 Å². The fourth-order valence-electron chi connectivity index (χ4n) is 5.99. The van der Waals surface area contributed by atoms with Gasteiger partial charge in [-0.1, -0.05) is 133 Å². The summed E-state index contributed by atoms with van der Waals surface area (Å²) in [5.41, 5.74) is 10.3. The second kappa shape index (κ2) is 9.01. The van der Waals surface area contributed by atoms with Crippen molar-refractivity contribution in [3.05, 3.63) is 145 Å². The quantitative estimate of drug-likeness (QED) is 0.219. The van der Waals surface area contributed by atoms with Crippen molar-refractivity contribution in [2.75, 3.05) is 0 Å². The van der Waals surface area contributed by atoms with Gasteiger partial charge in [0.1, 0.15) is 0 Å². The van der Waals surface area contributed by atoms with E-state index in [1.54, 1.807) is 0 Å². The minimum atomic E-state index is 1.25. The van der Waals surface area contributed by atoms with Crippen LogP contribution in [0.2, 0.25) is 0 Å². The van der Waals surface area contributed by atoms with E-state index in [2.05, 4.69) is 147 Å². The second-order valence-electron chi connectivity index (χ2n) is 10.3. The highest BCUT2D eigenvalue weighted by Crippen LogP contribution is 2.45. The van der Waals surface area contributed by atoms with Gasteiger partial charge < -0.3 is 0 Å². The van der Waals surface area contributed by atoms with Crippen LogP contribution in [0.4, 0.5) is 0 Å². The van der Waals surface area contributed by atoms with E-state index in [-0.39, 0.29) is 0 Å². The average Bonchev–Trinajstić information content (AvgIpc) is 2.97. The summed E-state index contributed by atoms with van der Waals surface area (Å²) in [6.45, 7) is 4.38. The standard InChI is InChI=1S/C38H28/c1-25-18-21-28(22-19-25)37-32-13-5-7-15-34(32)38(35-16-8-6-14-33(35)37)36-24-29(23-20-26(36)2)31-17-9-11-27-10-3-4-12-30(27)31/h3-24H,1-2H3. The second-order valence-corrected chi connectivity index (χ2v) is 10.3. The van der Waals surface area contributed by atoms with Gasteiger partial charge in [-0.2, -0.15) is 0 Å². The van der Waals surface area contributed by atoms with Gasteiger partial charge in [-0.05, 0) is 91.2 Å². The molecular weight excluding hydrogens is 456 g/mol. The van der Waals surface area contributed by atoms with Crippen molar-refractivity contribution in [2.45, 2.75) is 13.8 Å². The van der Waals surface area contributed by atoms with Gasteiger partial charge in [-0.3, -0.25) is 0 Å². The zero-order valence-corrected chi connectivity index (χ0v) is 21.7. The Bertz CT molecular complexity index is 1910. The summed E-state index contributed by atoms with van der Waals surface area (Å²) < 4.78 is 0. The maximum absolute atomic E-state index is 2.40. The lowest BCUT2D eigenvalue weighted by atomic mass is 9.84. The zero-order valence-electron chi connectivity index (χ0n) is 21.7. The number of rotatable bonds is 3. The molecule has 7 aromatic rings. The number of fused-ring (bicyclic) bond motifs is 3. The number of hydrogen-bond donors (Lipinski definition) is 0. The summed E-state index contributed by atoms with van der Waals surface area (Å²) in [7, 11) is 0. The molecule has 38 heavy (non-hydrogen) atoms. The first-order valence-electron chi connectivity index (χ1n) is 13.3. The Morgan fingerprint density at radius 3 is 1.55 bits per heavy atom. The van der Waals surface area contributed by atoms with Crippen molar-refractivity contribution in [3.63, 3.8) is 0 Å². The molecule has 0 amide bonds. The van der Waals surface area contributed by atoms with Crippen LogP contribution in [0, 0.1) is 13.8 Å². The minimum absolute atomic E-state index is 1.25. The predicted molar refractivity (Wildman–Crippen MR) is 165 cm³/mol. The van der Waals surface area contributed by atoms with Crippen molar-refractivity contribution in [1.82, 2.24) is 0 Å². The van der Waals surface area contributed by atoms with Gasteiger partial charge in [-0.25, -0.2) is 0 Å². The van der Waals surface area contributed by atoms with Gasteiger partial charge in [0.05, 0.1) is 0 Å². The maximum atomic E-state index is 2.40. The van der Waals surface area contributed by atoms with E-state index < -0.39 is 0 Å². The molecule has 0 aliphatic heterocycles. The fraction of sp³-hybridized carbons (Fsp3) is 0.0526. The van der Waals surface area contributed by atoms with Crippen LogP contribution in [-0.4, -0.2) is 0 Å². The van der Waals surface area contributed by atoms with Gasteiger partial charge in [0.25, 0.3) is 0 Å². The summed E-state index contributed by atoms with van der Waals surface area (Å²) in [6, 6.07) is 49.0. The molecule has 0 saturated carbocycles. The predicted octanol–water partition coefficient (Wildman–Crippen LogP) is 10.8. The third-order valence-corrected chi connectivity index (χ3v) is 7.88. The molecule has 0 aromatic heterocycles. The normalized spacial score (nSPS) is 11.4. The first-order valence-corrected chi connectivity index (χ1v) is 13.3. The largest absolute Gasteiger partial charge is 0.0616 e. The fourth-order valence-corrected chi connectivity index (χ4v) is 5.99. The average molecular weight is 485 g/mol. The van der Waals surface area contributed by atoms with E-state index in [4.69, 9.17) is 0 Å². The first-order chi connectivity index (χ1) is 18.7. The van der Waals surface area contributed by atoms with E-state index in [9.17, 15) is 0 Å². The molecule has 0 aliphatic carbocycles. The SMILES string of the molecule is Cc1ccc(-c2c3ccccc3c(-c3cc(-c4cccc5ccccc45)ccc3C)c3ccccc23)cc1. The van der Waals surface area contributed by atoms with Crippen LogP contribution in [0.25, 0.3) is 65.7 Å².